The van der Waals surface area contributed by atoms with Crippen molar-refractivity contribution in [2.45, 2.75) is 39.8 Å². The van der Waals surface area contributed by atoms with Crippen molar-refractivity contribution in [2.75, 3.05) is 13.7 Å². The van der Waals surface area contributed by atoms with Gasteiger partial charge in [0.25, 0.3) is 0 Å². The Morgan fingerprint density at radius 3 is 2.52 bits per heavy atom. The van der Waals surface area contributed by atoms with Gasteiger partial charge in [0.2, 0.25) is 5.91 Å². The van der Waals surface area contributed by atoms with E-state index >= 15 is 0 Å². The molecule has 0 fully saturated rings. The number of amides is 1. The van der Waals surface area contributed by atoms with E-state index in [0.717, 1.165) is 17.5 Å². The number of nitrogens with two attached hydrogens (primary N) is 1. The number of carbonyl (C=O) groups excluding carboxylic acids is 1. The standard InChI is InChI=1S/C17H28N2O2/c1-13(2)8-14(10-18)9-17(20)19-11-15-6-4-5-7-16(15)12-21-3/h4-7,13-14H,8-12,18H2,1-3H3,(H,19,20). The zero-order valence-electron chi connectivity index (χ0n) is 13.4. The summed E-state index contributed by atoms with van der Waals surface area (Å²) in [7, 11) is 1.67. The summed E-state index contributed by atoms with van der Waals surface area (Å²) in [6.45, 7) is 5.97. The predicted molar refractivity (Wildman–Crippen MR) is 85.6 cm³/mol. The summed E-state index contributed by atoms with van der Waals surface area (Å²) in [5, 5.41) is 2.99. The van der Waals surface area contributed by atoms with E-state index in [1.165, 1.54) is 0 Å². The van der Waals surface area contributed by atoms with E-state index in [1.807, 2.05) is 24.3 Å². The fourth-order valence-electron chi connectivity index (χ4n) is 2.48. The summed E-state index contributed by atoms with van der Waals surface area (Å²) in [6, 6.07) is 7.99. The van der Waals surface area contributed by atoms with Crippen LogP contribution in [0.1, 0.15) is 37.8 Å². The first-order valence-corrected chi connectivity index (χ1v) is 7.59. The highest BCUT2D eigenvalue weighted by Crippen LogP contribution is 2.14. The first-order valence-electron chi connectivity index (χ1n) is 7.59. The number of hydrogen-bond acceptors (Lipinski definition) is 3. The molecule has 118 valence electrons. The third-order valence-corrected chi connectivity index (χ3v) is 3.51. The van der Waals surface area contributed by atoms with Crippen LogP contribution in [-0.4, -0.2) is 19.6 Å². The molecule has 1 rings (SSSR count). The van der Waals surface area contributed by atoms with E-state index in [4.69, 9.17) is 10.5 Å². The lowest BCUT2D eigenvalue weighted by molar-refractivity contribution is -0.122. The van der Waals surface area contributed by atoms with Gasteiger partial charge in [-0.15, -0.1) is 0 Å². The van der Waals surface area contributed by atoms with Gasteiger partial charge in [-0.2, -0.15) is 0 Å². The maximum absolute atomic E-state index is 12.0. The molecule has 0 aliphatic rings. The molecule has 0 aliphatic heterocycles. The van der Waals surface area contributed by atoms with Gasteiger partial charge < -0.3 is 15.8 Å². The monoisotopic (exact) mass is 292 g/mol. The first kappa shape index (κ1) is 17.7. The lowest BCUT2D eigenvalue weighted by atomic mass is 9.94. The minimum Gasteiger partial charge on any atom is -0.380 e. The summed E-state index contributed by atoms with van der Waals surface area (Å²) in [6.07, 6.45) is 1.49. The van der Waals surface area contributed by atoms with E-state index in [0.29, 0.717) is 32.0 Å². The van der Waals surface area contributed by atoms with Crippen LogP contribution in [0.4, 0.5) is 0 Å². The Hall–Kier alpha value is -1.39. The zero-order chi connectivity index (χ0) is 15.7. The molecule has 21 heavy (non-hydrogen) atoms. The Labute approximate surface area is 128 Å². The van der Waals surface area contributed by atoms with Crippen molar-refractivity contribution in [2.24, 2.45) is 17.6 Å². The first-order chi connectivity index (χ1) is 10.1. The highest BCUT2D eigenvalue weighted by molar-refractivity contribution is 5.76. The van der Waals surface area contributed by atoms with Crippen molar-refractivity contribution in [1.29, 1.82) is 0 Å². The van der Waals surface area contributed by atoms with Crippen LogP contribution in [0.15, 0.2) is 24.3 Å². The van der Waals surface area contributed by atoms with Crippen molar-refractivity contribution in [3.05, 3.63) is 35.4 Å². The third kappa shape index (κ3) is 6.74. The van der Waals surface area contributed by atoms with Crippen molar-refractivity contribution in [1.82, 2.24) is 5.32 Å². The molecule has 1 aromatic carbocycles. The molecule has 4 heteroatoms. The molecule has 0 saturated heterocycles. The van der Waals surface area contributed by atoms with E-state index in [1.54, 1.807) is 7.11 Å². The smallest absolute Gasteiger partial charge is 0.220 e. The highest BCUT2D eigenvalue weighted by Gasteiger charge is 2.14. The van der Waals surface area contributed by atoms with Crippen molar-refractivity contribution < 1.29 is 9.53 Å². The number of benzene rings is 1. The Balaban J connectivity index is 2.49. The van der Waals surface area contributed by atoms with E-state index < -0.39 is 0 Å². The molecular formula is C17H28N2O2. The molecule has 4 nitrogen and oxygen atoms in total. The predicted octanol–water partition coefficient (Wildman–Crippen LogP) is 2.46. The minimum absolute atomic E-state index is 0.0679. The molecule has 0 heterocycles. The molecule has 1 atom stereocenters. The Morgan fingerprint density at radius 2 is 1.95 bits per heavy atom. The third-order valence-electron chi connectivity index (χ3n) is 3.51. The fourth-order valence-corrected chi connectivity index (χ4v) is 2.48. The second-order valence-electron chi connectivity index (χ2n) is 5.91. The van der Waals surface area contributed by atoms with Crippen LogP contribution in [0.25, 0.3) is 0 Å². The second-order valence-corrected chi connectivity index (χ2v) is 5.91. The van der Waals surface area contributed by atoms with Crippen LogP contribution in [0.3, 0.4) is 0 Å². The summed E-state index contributed by atoms with van der Waals surface area (Å²) >= 11 is 0. The van der Waals surface area contributed by atoms with E-state index in [9.17, 15) is 4.79 Å². The SMILES string of the molecule is COCc1ccccc1CNC(=O)CC(CN)CC(C)C. The summed E-state index contributed by atoms with van der Waals surface area (Å²) < 4.78 is 5.17. The topological polar surface area (TPSA) is 64.3 Å². The number of rotatable bonds is 9. The molecule has 0 spiro atoms. The van der Waals surface area contributed by atoms with Gasteiger partial charge in [0.1, 0.15) is 0 Å². The lowest BCUT2D eigenvalue weighted by Gasteiger charge is -2.17. The van der Waals surface area contributed by atoms with Crippen LogP contribution < -0.4 is 11.1 Å². The normalized spacial score (nSPS) is 12.4. The minimum atomic E-state index is 0.0679. The van der Waals surface area contributed by atoms with Gasteiger partial charge in [-0.3, -0.25) is 4.79 Å². The molecule has 3 N–H and O–H groups in total. The number of ether oxygens (including phenoxy) is 1. The lowest BCUT2D eigenvalue weighted by Crippen LogP contribution is -2.28. The molecule has 0 saturated carbocycles. The molecule has 1 aromatic rings. The Morgan fingerprint density at radius 1 is 1.29 bits per heavy atom. The Bertz CT molecular complexity index is 433. The van der Waals surface area contributed by atoms with E-state index in [2.05, 4.69) is 19.2 Å². The average Bonchev–Trinajstić information content (AvgIpc) is 2.45. The van der Waals surface area contributed by atoms with Crippen LogP contribution in [-0.2, 0) is 22.7 Å². The number of carbonyl (C=O) groups is 1. The van der Waals surface area contributed by atoms with Gasteiger partial charge >= 0.3 is 0 Å². The van der Waals surface area contributed by atoms with Gasteiger partial charge in [-0.05, 0) is 35.9 Å². The quantitative estimate of drug-likeness (QED) is 0.735. The van der Waals surface area contributed by atoms with Gasteiger partial charge in [0.05, 0.1) is 6.61 Å². The van der Waals surface area contributed by atoms with Gasteiger partial charge in [-0.1, -0.05) is 38.1 Å². The van der Waals surface area contributed by atoms with Crippen LogP contribution >= 0.6 is 0 Å². The molecule has 0 aliphatic carbocycles. The summed E-state index contributed by atoms with van der Waals surface area (Å²) in [5.41, 5.74) is 7.95. The highest BCUT2D eigenvalue weighted by atomic mass is 16.5. The number of hydrogen-bond donors (Lipinski definition) is 2. The van der Waals surface area contributed by atoms with Crippen LogP contribution in [0.2, 0.25) is 0 Å². The number of nitrogens with one attached hydrogen (secondary N) is 1. The van der Waals surface area contributed by atoms with Gasteiger partial charge in [0.15, 0.2) is 0 Å². The summed E-state index contributed by atoms with van der Waals surface area (Å²) in [4.78, 5) is 12.0. The Kier molecular flexibility index (Phi) is 8.01. The molecule has 0 radical (unpaired) electrons. The fraction of sp³-hybridized carbons (Fsp3) is 0.588. The van der Waals surface area contributed by atoms with Gasteiger partial charge in [-0.25, -0.2) is 0 Å². The second kappa shape index (κ2) is 9.53. The molecule has 0 bridgehead atoms. The molecule has 1 amide bonds. The van der Waals surface area contributed by atoms with Crippen LogP contribution in [0, 0.1) is 11.8 Å². The maximum atomic E-state index is 12.0. The molecule has 0 aromatic heterocycles. The van der Waals surface area contributed by atoms with Crippen LogP contribution in [0.5, 0.6) is 0 Å². The number of methoxy groups -OCH3 is 1. The van der Waals surface area contributed by atoms with Crippen molar-refractivity contribution in [3.8, 4) is 0 Å². The van der Waals surface area contributed by atoms with Gasteiger partial charge in [0, 0.05) is 20.1 Å². The average molecular weight is 292 g/mol. The molecular weight excluding hydrogens is 264 g/mol. The van der Waals surface area contributed by atoms with Crippen molar-refractivity contribution in [3.63, 3.8) is 0 Å². The summed E-state index contributed by atoms with van der Waals surface area (Å²) in [5.74, 6) is 0.895. The molecule has 1 unspecified atom stereocenters. The zero-order valence-corrected chi connectivity index (χ0v) is 13.4. The van der Waals surface area contributed by atoms with Crippen molar-refractivity contribution >= 4 is 5.91 Å². The van der Waals surface area contributed by atoms with E-state index in [-0.39, 0.29) is 11.8 Å². The maximum Gasteiger partial charge on any atom is 0.220 e. The largest absolute Gasteiger partial charge is 0.380 e.